The molecule has 0 saturated carbocycles. The number of esters is 1. The van der Waals surface area contributed by atoms with E-state index in [9.17, 15) is 14.4 Å². The summed E-state index contributed by atoms with van der Waals surface area (Å²) < 4.78 is 11.7. The standard InChI is InChI=1S/C24H21N3O5/c1-14-6-4-5-7-19(14)23(29)26-20-11-17(9-8-15(20)2)24(30)31-13-18-12-22(28)27-21(25-18)10-16(3)32-27/h4-12H,13H2,1-3H3,(H,26,29). The van der Waals surface area contributed by atoms with Crippen LogP contribution in [0.4, 0.5) is 5.69 Å². The van der Waals surface area contributed by atoms with Gasteiger partial charge in [0.2, 0.25) is 0 Å². The van der Waals surface area contributed by atoms with Crippen LogP contribution in [0, 0.1) is 20.8 Å². The van der Waals surface area contributed by atoms with Crippen LogP contribution < -0.4 is 10.9 Å². The van der Waals surface area contributed by atoms with Gasteiger partial charge in [-0.05, 0) is 50.1 Å². The van der Waals surface area contributed by atoms with E-state index in [-0.39, 0.29) is 18.1 Å². The molecule has 2 heterocycles. The van der Waals surface area contributed by atoms with Crippen molar-refractivity contribution in [3.63, 3.8) is 0 Å². The number of carbonyl (C=O) groups is 2. The number of amides is 1. The first-order valence-corrected chi connectivity index (χ1v) is 9.96. The monoisotopic (exact) mass is 431 g/mol. The van der Waals surface area contributed by atoms with E-state index >= 15 is 0 Å². The van der Waals surface area contributed by atoms with Crippen molar-refractivity contribution >= 4 is 23.2 Å². The van der Waals surface area contributed by atoms with Crippen LogP contribution in [0.5, 0.6) is 0 Å². The molecule has 0 unspecified atom stereocenters. The molecule has 8 nitrogen and oxygen atoms in total. The molecular formula is C24H21N3O5. The number of ether oxygens (including phenoxy) is 1. The number of nitrogens with zero attached hydrogens (tertiary/aromatic N) is 2. The second-order valence-electron chi connectivity index (χ2n) is 7.46. The molecule has 0 atom stereocenters. The van der Waals surface area contributed by atoms with Crippen LogP contribution in [0.1, 0.15) is 43.3 Å². The molecule has 2 aromatic carbocycles. The molecule has 8 heteroatoms. The Labute approximate surface area is 183 Å². The molecule has 0 radical (unpaired) electrons. The maximum atomic E-state index is 12.6. The number of rotatable bonds is 5. The fourth-order valence-electron chi connectivity index (χ4n) is 3.27. The van der Waals surface area contributed by atoms with Gasteiger partial charge in [0.15, 0.2) is 5.65 Å². The number of hydrogen-bond donors (Lipinski definition) is 1. The van der Waals surface area contributed by atoms with E-state index < -0.39 is 11.5 Å². The molecule has 1 N–H and O–H groups in total. The minimum Gasteiger partial charge on any atom is -0.456 e. The third-order valence-corrected chi connectivity index (χ3v) is 4.99. The smallest absolute Gasteiger partial charge is 0.338 e. The fraction of sp³-hybridized carbons (Fsp3) is 0.167. The summed E-state index contributed by atoms with van der Waals surface area (Å²) in [6.45, 7) is 5.23. The Morgan fingerprint density at radius 1 is 1.03 bits per heavy atom. The van der Waals surface area contributed by atoms with Crippen LogP contribution in [-0.2, 0) is 11.3 Å². The summed E-state index contributed by atoms with van der Waals surface area (Å²) in [5, 5.41) is 2.85. The molecule has 2 aromatic heterocycles. The van der Waals surface area contributed by atoms with Gasteiger partial charge in [0, 0.05) is 23.4 Å². The lowest BCUT2D eigenvalue weighted by Gasteiger charge is -2.12. The van der Waals surface area contributed by atoms with Crippen molar-refractivity contribution in [3.05, 3.63) is 98.7 Å². The predicted octanol–water partition coefficient (Wildman–Crippen LogP) is 3.82. The van der Waals surface area contributed by atoms with Gasteiger partial charge in [0.25, 0.3) is 11.5 Å². The third kappa shape index (κ3) is 4.29. The van der Waals surface area contributed by atoms with E-state index in [0.717, 1.165) is 15.7 Å². The van der Waals surface area contributed by atoms with Gasteiger partial charge < -0.3 is 14.6 Å². The summed E-state index contributed by atoms with van der Waals surface area (Å²) in [4.78, 5) is 41.6. The second-order valence-corrected chi connectivity index (χ2v) is 7.46. The Kier molecular flexibility index (Phi) is 5.59. The van der Waals surface area contributed by atoms with Crippen LogP contribution in [0.2, 0.25) is 0 Å². The van der Waals surface area contributed by atoms with Crippen molar-refractivity contribution in [2.75, 3.05) is 5.32 Å². The van der Waals surface area contributed by atoms with Gasteiger partial charge in [-0.1, -0.05) is 24.3 Å². The molecule has 0 fully saturated rings. The zero-order valence-corrected chi connectivity index (χ0v) is 17.8. The molecule has 0 bridgehead atoms. The van der Waals surface area contributed by atoms with Crippen LogP contribution in [0.3, 0.4) is 0 Å². The van der Waals surface area contributed by atoms with Crippen molar-refractivity contribution < 1.29 is 18.8 Å². The molecule has 4 rings (SSSR count). The van der Waals surface area contributed by atoms with E-state index in [1.165, 1.54) is 6.07 Å². The Morgan fingerprint density at radius 2 is 1.81 bits per heavy atom. The largest absolute Gasteiger partial charge is 0.456 e. The van der Waals surface area contributed by atoms with E-state index in [1.807, 2.05) is 26.0 Å². The maximum absolute atomic E-state index is 12.6. The number of aryl methyl sites for hydroxylation is 3. The van der Waals surface area contributed by atoms with Gasteiger partial charge in [0.1, 0.15) is 12.4 Å². The van der Waals surface area contributed by atoms with Gasteiger partial charge in [-0.2, -0.15) is 0 Å². The van der Waals surface area contributed by atoms with Gasteiger partial charge >= 0.3 is 5.97 Å². The van der Waals surface area contributed by atoms with Crippen LogP contribution in [-0.4, -0.2) is 21.4 Å². The van der Waals surface area contributed by atoms with Crippen molar-refractivity contribution in [3.8, 4) is 0 Å². The molecule has 0 aliphatic carbocycles. The van der Waals surface area contributed by atoms with E-state index in [4.69, 9.17) is 9.26 Å². The van der Waals surface area contributed by atoms with E-state index in [0.29, 0.717) is 28.4 Å². The lowest BCUT2D eigenvalue weighted by molar-refractivity contribution is 0.0467. The lowest BCUT2D eigenvalue weighted by Crippen LogP contribution is -2.16. The fourth-order valence-corrected chi connectivity index (χ4v) is 3.27. The number of hydrogen-bond acceptors (Lipinski definition) is 6. The number of aromatic nitrogens is 2. The maximum Gasteiger partial charge on any atom is 0.338 e. The first-order valence-electron chi connectivity index (χ1n) is 9.96. The highest BCUT2D eigenvalue weighted by Gasteiger charge is 2.15. The van der Waals surface area contributed by atoms with Crippen molar-refractivity contribution in [1.82, 2.24) is 9.56 Å². The summed E-state index contributed by atoms with van der Waals surface area (Å²) in [7, 11) is 0. The van der Waals surface area contributed by atoms with E-state index in [2.05, 4.69) is 10.3 Å². The molecule has 32 heavy (non-hydrogen) atoms. The number of carbonyl (C=O) groups excluding carboxylic acids is 2. The Hall–Kier alpha value is -4.20. The topological polar surface area (TPSA) is 103 Å². The molecule has 0 aliphatic rings. The minimum absolute atomic E-state index is 0.173. The number of nitrogens with one attached hydrogen (secondary N) is 1. The minimum atomic E-state index is -0.596. The summed E-state index contributed by atoms with van der Waals surface area (Å²) in [6.07, 6.45) is 0. The zero-order chi connectivity index (χ0) is 22.8. The van der Waals surface area contributed by atoms with Gasteiger partial charge in [-0.15, -0.1) is 4.57 Å². The van der Waals surface area contributed by atoms with Crippen LogP contribution >= 0.6 is 0 Å². The van der Waals surface area contributed by atoms with Crippen molar-refractivity contribution in [2.24, 2.45) is 0 Å². The summed E-state index contributed by atoms with van der Waals surface area (Å²) >= 11 is 0. The highest BCUT2D eigenvalue weighted by atomic mass is 16.5. The highest BCUT2D eigenvalue weighted by molar-refractivity contribution is 6.06. The number of anilines is 1. The van der Waals surface area contributed by atoms with Crippen molar-refractivity contribution in [2.45, 2.75) is 27.4 Å². The summed E-state index contributed by atoms with van der Waals surface area (Å²) in [6, 6.07) is 15.1. The highest BCUT2D eigenvalue weighted by Crippen LogP contribution is 2.20. The Morgan fingerprint density at radius 3 is 2.59 bits per heavy atom. The van der Waals surface area contributed by atoms with Gasteiger partial charge in [-0.3, -0.25) is 9.59 Å². The normalized spacial score (nSPS) is 10.8. The number of benzene rings is 2. The lowest BCUT2D eigenvalue weighted by atomic mass is 10.1. The quantitative estimate of drug-likeness (QED) is 0.482. The third-order valence-electron chi connectivity index (χ3n) is 4.99. The molecular weight excluding hydrogens is 410 g/mol. The SMILES string of the molecule is Cc1cc2nc(COC(=O)c3ccc(C)c(NC(=O)c4ccccc4C)c3)cc(=O)n2o1. The number of fused-ring (bicyclic) bond motifs is 1. The first kappa shape index (κ1) is 21.0. The van der Waals surface area contributed by atoms with E-state index in [1.54, 1.807) is 43.3 Å². The summed E-state index contributed by atoms with van der Waals surface area (Å²) in [5.74, 6) is -0.310. The zero-order valence-electron chi connectivity index (χ0n) is 17.8. The molecule has 1 amide bonds. The molecule has 0 spiro atoms. The van der Waals surface area contributed by atoms with Crippen LogP contribution in [0.15, 0.2) is 63.9 Å². The van der Waals surface area contributed by atoms with Crippen LogP contribution in [0.25, 0.3) is 5.65 Å². The average Bonchev–Trinajstić information content (AvgIpc) is 3.14. The second kappa shape index (κ2) is 8.50. The first-order chi connectivity index (χ1) is 15.3. The molecule has 0 saturated heterocycles. The Balaban J connectivity index is 1.49. The summed E-state index contributed by atoms with van der Waals surface area (Å²) in [5.41, 5.74) is 3.26. The molecule has 4 aromatic rings. The predicted molar refractivity (Wildman–Crippen MR) is 118 cm³/mol. The Bertz CT molecular complexity index is 1400. The van der Waals surface area contributed by atoms with Crippen molar-refractivity contribution in [1.29, 1.82) is 0 Å². The molecule has 162 valence electrons. The van der Waals surface area contributed by atoms with Gasteiger partial charge in [0.05, 0.1) is 11.3 Å². The molecule has 0 aliphatic heterocycles. The average molecular weight is 431 g/mol. The van der Waals surface area contributed by atoms with Gasteiger partial charge in [-0.25, -0.2) is 9.78 Å².